The van der Waals surface area contributed by atoms with Crippen LogP contribution in [0, 0.1) is 0 Å². The van der Waals surface area contributed by atoms with Crippen LogP contribution in [-0.2, 0) is 6.42 Å². The van der Waals surface area contributed by atoms with Gasteiger partial charge in [0.05, 0.1) is 4.47 Å². The molecule has 0 spiro atoms. The smallest absolute Gasteiger partial charge is 0.142 e. The first kappa shape index (κ1) is 7.86. The third-order valence-electron chi connectivity index (χ3n) is 1.93. The molecule has 3 nitrogen and oxygen atoms in total. The predicted molar refractivity (Wildman–Crippen MR) is 50.1 cm³/mol. The molecule has 1 aliphatic heterocycles. The van der Waals surface area contributed by atoms with Crippen LogP contribution in [0.1, 0.15) is 12.5 Å². The second-order valence-electron chi connectivity index (χ2n) is 2.93. The summed E-state index contributed by atoms with van der Waals surface area (Å²) in [7, 11) is 0. The highest BCUT2D eigenvalue weighted by molar-refractivity contribution is 9.10. The van der Waals surface area contributed by atoms with Gasteiger partial charge in [0.1, 0.15) is 17.7 Å². The summed E-state index contributed by atoms with van der Waals surface area (Å²) >= 11 is 3.37. The third-order valence-corrected chi connectivity index (χ3v) is 2.49. The second kappa shape index (κ2) is 2.62. The van der Waals surface area contributed by atoms with E-state index in [2.05, 4.69) is 20.9 Å². The average Bonchev–Trinajstić information content (AvgIpc) is 2.41. The van der Waals surface area contributed by atoms with Gasteiger partial charge in [0.15, 0.2) is 0 Å². The van der Waals surface area contributed by atoms with Gasteiger partial charge in [-0.1, -0.05) is 0 Å². The number of aromatic nitrogens is 1. The zero-order chi connectivity index (χ0) is 8.72. The minimum atomic E-state index is 0.211. The molecule has 0 aliphatic carbocycles. The molecule has 0 saturated carbocycles. The van der Waals surface area contributed by atoms with Crippen LogP contribution in [0.4, 0.5) is 5.82 Å². The summed E-state index contributed by atoms with van der Waals surface area (Å²) in [4.78, 5) is 4.04. The molecule has 0 bridgehead atoms. The highest BCUT2D eigenvalue weighted by Crippen LogP contribution is 2.37. The molecule has 0 radical (unpaired) electrons. The molecule has 0 aromatic carbocycles. The van der Waals surface area contributed by atoms with Crippen LogP contribution in [0.25, 0.3) is 0 Å². The van der Waals surface area contributed by atoms with Crippen LogP contribution in [0.2, 0.25) is 0 Å². The topological polar surface area (TPSA) is 48.1 Å². The number of anilines is 1. The Morgan fingerprint density at radius 1 is 1.75 bits per heavy atom. The standard InChI is InChI=1S/C8H9BrN2O/c1-4-2-5-7(12-4)6(9)3-11-8(5)10/h3-4H,2H2,1H3,(H2,10,11). The summed E-state index contributed by atoms with van der Waals surface area (Å²) in [5.74, 6) is 1.44. The van der Waals surface area contributed by atoms with Gasteiger partial charge < -0.3 is 10.5 Å². The van der Waals surface area contributed by atoms with Gasteiger partial charge in [-0.3, -0.25) is 0 Å². The quantitative estimate of drug-likeness (QED) is 0.737. The number of ether oxygens (including phenoxy) is 1. The molecule has 1 unspecified atom stereocenters. The lowest BCUT2D eigenvalue weighted by molar-refractivity contribution is 0.253. The molecule has 2 heterocycles. The average molecular weight is 229 g/mol. The van der Waals surface area contributed by atoms with Gasteiger partial charge in [-0.15, -0.1) is 0 Å². The zero-order valence-electron chi connectivity index (χ0n) is 6.67. The number of nitrogens with zero attached hydrogens (tertiary/aromatic N) is 1. The summed E-state index contributed by atoms with van der Waals surface area (Å²) in [5.41, 5.74) is 6.72. The normalized spacial score (nSPS) is 20.3. The maximum atomic E-state index is 5.69. The van der Waals surface area contributed by atoms with Gasteiger partial charge in [0.2, 0.25) is 0 Å². The number of hydrogen-bond donors (Lipinski definition) is 1. The highest BCUT2D eigenvalue weighted by atomic mass is 79.9. The van der Waals surface area contributed by atoms with Crippen molar-refractivity contribution in [2.45, 2.75) is 19.4 Å². The van der Waals surface area contributed by atoms with E-state index in [0.29, 0.717) is 5.82 Å². The van der Waals surface area contributed by atoms with Gasteiger partial charge in [-0.05, 0) is 22.9 Å². The molecule has 2 N–H and O–H groups in total. The minimum absolute atomic E-state index is 0.211. The van der Waals surface area contributed by atoms with Crippen LogP contribution in [-0.4, -0.2) is 11.1 Å². The van der Waals surface area contributed by atoms with Crippen molar-refractivity contribution >= 4 is 21.7 Å². The first-order chi connectivity index (χ1) is 5.68. The van der Waals surface area contributed by atoms with Crippen molar-refractivity contribution in [1.29, 1.82) is 0 Å². The van der Waals surface area contributed by atoms with E-state index in [4.69, 9.17) is 10.5 Å². The maximum absolute atomic E-state index is 5.69. The van der Waals surface area contributed by atoms with E-state index >= 15 is 0 Å². The first-order valence-corrected chi connectivity index (χ1v) is 4.57. The molecule has 1 aromatic rings. The third kappa shape index (κ3) is 1.06. The summed E-state index contributed by atoms with van der Waals surface area (Å²) < 4.78 is 6.44. The summed E-state index contributed by atoms with van der Waals surface area (Å²) in [5, 5.41) is 0. The Morgan fingerprint density at radius 3 is 3.17 bits per heavy atom. The SMILES string of the molecule is CC1Cc2c(N)ncc(Br)c2O1. The second-order valence-corrected chi connectivity index (χ2v) is 3.79. The minimum Gasteiger partial charge on any atom is -0.489 e. The van der Waals surface area contributed by atoms with E-state index in [1.807, 2.05) is 6.92 Å². The molecule has 1 aromatic heterocycles. The number of nitrogens with two attached hydrogens (primary N) is 1. The molecule has 64 valence electrons. The molecule has 0 fully saturated rings. The Labute approximate surface area is 79.1 Å². The molecular weight excluding hydrogens is 220 g/mol. The van der Waals surface area contributed by atoms with Crippen LogP contribution in [0.15, 0.2) is 10.7 Å². The molecule has 0 amide bonds. The number of rotatable bonds is 0. The van der Waals surface area contributed by atoms with E-state index in [9.17, 15) is 0 Å². The molecule has 1 aliphatic rings. The Balaban J connectivity index is 2.56. The number of hydrogen-bond acceptors (Lipinski definition) is 3. The van der Waals surface area contributed by atoms with Crippen molar-refractivity contribution in [1.82, 2.24) is 4.98 Å². The van der Waals surface area contributed by atoms with Gasteiger partial charge >= 0.3 is 0 Å². The van der Waals surface area contributed by atoms with E-state index in [0.717, 1.165) is 22.2 Å². The van der Waals surface area contributed by atoms with Crippen molar-refractivity contribution in [3.63, 3.8) is 0 Å². The van der Waals surface area contributed by atoms with E-state index < -0.39 is 0 Å². The fourth-order valence-electron chi connectivity index (χ4n) is 1.38. The Bertz CT molecular complexity index is 296. The van der Waals surface area contributed by atoms with E-state index in [-0.39, 0.29) is 6.10 Å². The van der Waals surface area contributed by atoms with Crippen molar-refractivity contribution in [3.8, 4) is 5.75 Å². The van der Waals surface area contributed by atoms with Gasteiger partial charge in [0, 0.05) is 18.2 Å². The summed E-state index contributed by atoms with van der Waals surface area (Å²) in [6.45, 7) is 2.02. The van der Waals surface area contributed by atoms with Gasteiger partial charge in [0.25, 0.3) is 0 Å². The monoisotopic (exact) mass is 228 g/mol. The van der Waals surface area contributed by atoms with Crippen LogP contribution < -0.4 is 10.5 Å². The molecular formula is C8H9BrN2O. The van der Waals surface area contributed by atoms with Crippen molar-refractivity contribution in [2.75, 3.05) is 5.73 Å². The van der Waals surface area contributed by atoms with Crippen LogP contribution >= 0.6 is 15.9 Å². The van der Waals surface area contributed by atoms with Crippen LogP contribution in [0.5, 0.6) is 5.75 Å². The zero-order valence-corrected chi connectivity index (χ0v) is 8.26. The lowest BCUT2D eigenvalue weighted by Gasteiger charge is -2.04. The van der Waals surface area contributed by atoms with Gasteiger partial charge in [-0.25, -0.2) is 4.98 Å². The summed E-state index contributed by atoms with van der Waals surface area (Å²) in [6.07, 6.45) is 2.74. The van der Waals surface area contributed by atoms with E-state index in [1.54, 1.807) is 6.20 Å². The number of fused-ring (bicyclic) bond motifs is 1. The highest BCUT2D eigenvalue weighted by Gasteiger charge is 2.24. The molecule has 1 atom stereocenters. The Kier molecular flexibility index (Phi) is 1.72. The van der Waals surface area contributed by atoms with Crippen molar-refractivity contribution in [3.05, 3.63) is 16.2 Å². The lowest BCUT2D eigenvalue weighted by atomic mass is 10.1. The number of halogens is 1. The number of nitrogen functional groups attached to an aromatic ring is 1. The van der Waals surface area contributed by atoms with Gasteiger partial charge in [-0.2, -0.15) is 0 Å². The van der Waals surface area contributed by atoms with Crippen molar-refractivity contribution < 1.29 is 4.74 Å². The molecule has 4 heteroatoms. The maximum Gasteiger partial charge on any atom is 0.142 e. The molecule has 0 saturated heterocycles. The number of pyridine rings is 1. The van der Waals surface area contributed by atoms with Crippen molar-refractivity contribution in [2.24, 2.45) is 0 Å². The molecule has 2 rings (SSSR count). The molecule has 12 heavy (non-hydrogen) atoms. The Hall–Kier alpha value is -0.770. The predicted octanol–water partition coefficient (Wildman–Crippen LogP) is 1.75. The fourth-order valence-corrected chi connectivity index (χ4v) is 1.81. The fraction of sp³-hybridized carbons (Fsp3) is 0.375. The largest absolute Gasteiger partial charge is 0.489 e. The Morgan fingerprint density at radius 2 is 2.50 bits per heavy atom. The van der Waals surface area contributed by atoms with E-state index in [1.165, 1.54) is 0 Å². The lowest BCUT2D eigenvalue weighted by Crippen LogP contribution is -2.05. The summed E-state index contributed by atoms with van der Waals surface area (Å²) in [6, 6.07) is 0. The van der Waals surface area contributed by atoms with Crippen LogP contribution in [0.3, 0.4) is 0 Å². The first-order valence-electron chi connectivity index (χ1n) is 3.78.